The third kappa shape index (κ3) is 4.32. The number of hydrogen-bond acceptors (Lipinski definition) is 4. The number of hydrogen-bond donors (Lipinski definition) is 1. The van der Waals surface area contributed by atoms with E-state index < -0.39 is 10.0 Å². The molecule has 0 aliphatic carbocycles. The second-order valence-electron chi connectivity index (χ2n) is 7.87. The van der Waals surface area contributed by atoms with Gasteiger partial charge in [-0.3, -0.25) is 4.90 Å². The fourth-order valence-electron chi connectivity index (χ4n) is 3.68. The smallest absolute Gasteiger partial charge is 0.326 e. The molecule has 0 radical (unpaired) electrons. The number of amides is 2. The number of rotatable bonds is 5. The Labute approximate surface area is 188 Å². The molecule has 1 aliphatic rings. The van der Waals surface area contributed by atoms with Gasteiger partial charge < -0.3 is 10.1 Å². The summed E-state index contributed by atoms with van der Waals surface area (Å²) in [6.07, 6.45) is 0.662. The van der Waals surface area contributed by atoms with E-state index in [9.17, 15) is 13.2 Å². The van der Waals surface area contributed by atoms with Crippen molar-refractivity contribution in [3.63, 3.8) is 0 Å². The number of fused-ring (bicyclic) bond motifs is 1. The van der Waals surface area contributed by atoms with Gasteiger partial charge in [0.05, 0.1) is 10.6 Å². The van der Waals surface area contributed by atoms with Crippen LogP contribution in [0.1, 0.15) is 12.5 Å². The molecule has 1 heterocycles. The molecule has 4 rings (SSSR count). The minimum absolute atomic E-state index is 0.0944. The lowest BCUT2D eigenvalue weighted by Gasteiger charge is -2.24. The topological polar surface area (TPSA) is 79.0 Å². The summed E-state index contributed by atoms with van der Waals surface area (Å²) in [6, 6.07) is 21.1. The summed E-state index contributed by atoms with van der Waals surface area (Å²) < 4.78 is 32.0. The van der Waals surface area contributed by atoms with E-state index in [-0.39, 0.29) is 17.0 Å². The Morgan fingerprint density at radius 3 is 2.31 bits per heavy atom. The van der Waals surface area contributed by atoms with Gasteiger partial charge in [0, 0.05) is 25.8 Å². The largest absolute Gasteiger partial charge is 0.457 e. The summed E-state index contributed by atoms with van der Waals surface area (Å²) in [5.74, 6) is 1.39. The van der Waals surface area contributed by atoms with Gasteiger partial charge >= 0.3 is 6.03 Å². The SMILES string of the molecule is CC1Cc2ccc(S(=O)(=O)N(C)C)cc2N1C(=O)Nc1ccc(Oc2ccccc2)cc1. The number of para-hydroxylation sites is 1. The molecule has 0 fully saturated rings. The molecule has 1 aliphatic heterocycles. The van der Waals surface area contributed by atoms with E-state index >= 15 is 0 Å². The van der Waals surface area contributed by atoms with Crippen LogP contribution < -0.4 is 15.0 Å². The van der Waals surface area contributed by atoms with E-state index in [0.717, 1.165) is 15.6 Å². The number of urea groups is 1. The number of nitrogens with zero attached hydrogens (tertiary/aromatic N) is 2. The summed E-state index contributed by atoms with van der Waals surface area (Å²) in [7, 11) is -0.620. The number of nitrogens with one attached hydrogen (secondary N) is 1. The molecule has 0 aromatic heterocycles. The number of anilines is 2. The lowest BCUT2D eigenvalue weighted by atomic mass is 10.1. The summed E-state index contributed by atoms with van der Waals surface area (Å²) in [4.78, 5) is 14.9. The summed E-state index contributed by atoms with van der Waals surface area (Å²) in [6.45, 7) is 1.94. The Bertz CT molecular complexity index is 1230. The third-order valence-electron chi connectivity index (χ3n) is 5.35. The van der Waals surface area contributed by atoms with Crippen LogP contribution in [0.5, 0.6) is 11.5 Å². The van der Waals surface area contributed by atoms with E-state index in [2.05, 4.69) is 5.32 Å². The first-order valence-corrected chi connectivity index (χ1v) is 11.7. The van der Waals surface area contributed by atoms with Gasteiger partial charge in [0.2, 0.25) is 10.0 Å². The van der Waals surface area contributed by atoms with Gasteiger partial charge in [-0.25, -0.2) is 17.5 Å². The summed E-state index contributed by atoms with van der Waals surface area (Å²) in [5.41, 5.74) is 2.17. The molecule has 2 amide bonds. The highest BCUT2D eigenvalue weighted by molar-refractivity contribution is 7.89. The van der Waals surface area contributed by atoms with Crippen molar-refractivity contribution in [1.29, 1.82) is 0 Å². The number of carbonyl (C=O) groups excluding carboxylic acids is 1. The molecular weight excluding hydrogens is 426 g/mol. The molecular formula is C24H25N3O4S. The number of carbonyl (C=O) groups is 1. The van der Waals surface area contributed by atoms with Crippen LogP contribution in [0.3, 0.4) is 0 Å². The lowest BCUT2D eigenvalue weighted by Crippen LogP contribution is -2.39. The van der Waals surface area contributed by atoms with E-state index in [1.165, 1.54) is 14.1 Å². The van der Waals surface area contributed by atoms with Gasteiger partial charge in [-0.05, 0) is 67.4 Å². The Morgan fingerprint density at radius 1 is 1.00 bits per heavy atom. The summed E-state index contributed by atoms with van der Waals surface area (Å²) in [5, 5.41) is 2.90. The highest BCUT2D eigenvalue weighted by atomic mass is 32.2. The second-order valence-corrected chi connectivity index (χ2v) is 10.0. The second kappa shape index (κ2) is 8.64. The first-order chi connectivity index (χ1) is 15.3. The fourth-order valence-corrected chi connectivity index (χ4v) is 4.61. The monoisotopic (exact) mass is 451 g/mol. The van der Waals surface area contributed by atoms with Gasteiger partial charge in [0.15, 0.2) is 0 Å². The maximum atomic E-state index is 13.1. The van der Waals surface area contributed by atoms with Crippen LogP contribution in [0.4, 0.5) is 16.2 Å². The third-order valence-corrected chi connectivity index (χ3v) is 7.17. The zero-order chi connectivity index (χ0) is 22.9. The fraction of sp³-hybridized carbons (Fsp3) is 0.208. The van der Waals surface area contributed by atoms with Crippen LogP contribution >= 0.6 is 0 Å². The van der Waals surface area contributed by atoms with E-state index in [0.29, 0.717) is 23.5 Å². The molecule has 1 N–H and O–H groups in total. The summed E-state index contributed by atoms with van der Waals surface area (Å²) >= 11 is 0. The quantitative estimate of drug-likeness (QED) is 0.609. The predicted octanol–water partition coefficient (Wildman–Crippen LogP) is 4.71. The Morgan fingerprint density at radius 2 is 1.66 bits per heavy atom. The molecule has 3 aromatic carbocycles. The van der Waals surface area contributed by atoms with Crippen LogP contribution in [-0.4, -0.2) is 38.9 Å². The minimum Gasteiger partial charge on any atom is -0.457 e. The molecule has 1 atom stereocenters. The molecule has 1 unspecified atom stereocenters. The molecule has 8 heteroatoms. The van der Waals surface area contributed by atoms with Crippen molar-refractivity contribution in [2.75, 3.05) is 24.3 Å². The highest BCUT2D eigenvalue weighted by Gasteiger charge is 2.32. The van der Waals surface area contributed by atoms with Crippen LogP contribution in [0.2, 0.25) is 0 Å². The van der Waals surface area contributed by atoms with Crippen LogP contribution in [-0.2, 0) is 16.4 Å². The zero-order valence-corrected chi connectivity index (χ0v) is 19.0. The zero-order valence-electron chi connectivity index (χ0n) is 18.1. The van der Waals surface area contributed by atoms with Crippen LogP contribution in [0.25, 0.3) is 0 Å². The van der Waals surface area contributed by atoms with Gasteiger partial charge in [0.1, 0.15) is 11.5 Å². The molecule has 0 saturated heterocycles. The van der Waals surface area contributed by atoms with Crippen molar-refractivity contribution in [1.82, 2.24) is 4.31 Å². The molecule has 32 heavy (non-hydrogen) atoms. The Balaban J connectivity index is 1.52. The van der Waals surface area contributed by atoms with Crippen molar-refractivity contribution in [3.8, 4) is 11.5 Å². The van der Waals surface area contributed by atoms with E-state index in [4.69, 9.17) is 4.74 Å². The lowest BCUT2D eigenvalue weighted by molar-refractivity contribution is 0.256. The first kappa shape index (κ1) is 21.9. The van der Waals surface area contributed by atoms with Gasteiger partial charge in [0.25, 0.3) is 0 Å². The molecule has 0 saturated carbocycles. The maximum absolute atomic E-state index is 13.1. The number of benzene rings is 3. The van der Waals surface area contributed by atoms with Gasteiger partial charge in [-0.1, -0.05) is 24.3 Å². The molecule has 0 spiro atoms. The maximum Gasteiger partial charge on any atom is 0.326 e. The van der Waals surface area contributed by atoms with E-state index in [1.54, 1.807) is 47.4 Å². The van der Waals surface area contributed by atoms with Crippen molar-refractivity contribution in [2.45, 2.75) is 24.3 Å². The van der Waals surface area contributed by atoms with Crippen molar-refractivity contribution in [2.24, 2.45) is 0 Å². The average Bonchev–Trinajstić information content (AvgIpc) is 3.10. The molecule has 7 nitrogen and oxygen atoms in total. The standard InChI is InChI=1S/C24H25N3O4S/c1-17-15-18-9-14-22(32(29,30)26(2)3)16-23(18)27(17)24(28)25-19-10-12-21(13-11-19)31-20-7-5-4-6-8-20/h4-14,16-17H,15H2,1-3H3,(H,25,28). The Kier molecular flexibility index (Phi) is 5.90. The van der Waals surface area contributed by atoms with Gasteiger partial charge in [-0.2, -0.15) is 0 Å². The normalized spacial score (nSPS) is 15.5. The number of sulfonamides is 1. The number of ether oxygens (including phenoxy) is 1. The first-order valence-electron chi connectivity index (χ1n) is 10.2. The van der Waals surface area contributed by atoms with Crippen LogP contribution in [0.15, 0.2) is 77.7 Å². The van der Waals surface area contributed by atoms with Crippen LogP contribution in [0, 0.1) is 0 Å². The van der Waals surface area contributed by atoms with Crippen molar-refractivity contribution < 1.29 is 17.9 Å². The average molecular weight is 452 g/mol. The van der Waals surface area contributed by atoms with E-state index in [1.807, 2.05) is 37.3 Å². The molecule has 0 bridgehead atoms. The minimum atomic E-state index is -3.59. The van der Waals surface area contributed by atoms with Crippen molar-refractivity contribution in [3.05, 3.63) is 78.4 Å². The van der Waals surface area contributed by atoms with Crippen molar-refractivity contribution >= 4 is 27.4 Å². The molecule has 3 aromatic rings. The Hall–Kier alpha value is -3.36. The molecule has 166 valence electrons. The predicted molar refractivity (Wildman–Crippen MR) is 125 cm³/mol. The van der Waals surface area contributed by atoms with Gasteiger partial charge in [-0.15, -0.1) is 0 Å². The highest BCUT2D eigenvalue weighted by Crippen LogP contribution is 2.35.